The molecule has 0 N–H and O–H groups in total. The summed E-state index contributed by atoms with van der Waals surface area (Å²) in [7, 11) is 9.38. The molecule has 2 aromatic rings. The molecule has 6 heteroatoms. The fraction of sp³-hybridized carbons (Fsp3) is 0.276. The van der Waals surface area contributed by atoms with E-state index >= 15 is 0 Å². The Morgan fingerprint density at radius 2 is 1.80 bits per heavy atom. The Kier molecular flexibility index (Phi) is 6.85. The molecule has 0 radical (unpaired) electrons. The molecule has 0 fully saturated rings. The Balaban J connectivity index is 2.06. The van der Waals surface area contributed by atoms with Gasteiger partial charge in [-0.15, -0.1) is 0 Å². The molecule has 6 nitrogen and oxygen atoms in total. The Bertz CT molecular complexity index is 1340. The summed E-state index contributed by atoms with van der Waals surface area (Å²) < 4.78 is 2.08. The fourth-order valence-corrected chi connectivity index (χ4v) is 4.56. The van der Waals surface area contributed by atoms with Crippen molar-refractivity contribution in [3.63, 3.8) is 0 Å². The third-order valence-corrected chi connectivity index (χ3v) is 6.44. The predicted octanol–water partition coefficient (Wildman–Crippen LogP) is 4.63. The van der Waals surface area contributed by atoms with E-state index in [2.05, 4.69) is 50.8 Å². The molecule has 0 heterocycles. The van der Waals surface area contributed by atoms with Crippen LogP contribution in [0.4, 0.5) is 5.69 Å². The summed E-state index contributed by atoms with van der Waals surface area (Å²) in [5, 5.41) is 0. The van der Waals surface area contributed by atoms with E-state index in [0.29, 0.717) is 23.1 Å². The summed E-state index contributed by atoms with van der Waals surface area (Å²) in [5.41, 5.74) is 9.07. The number of benzene rings is 2. The van der Waals surface area contributed by atoms with Crippen LogP contribution in [-0.4, -0.2) is 57.3 Å². The molecule has 2 aromatic carbocycles. The Morgan fingerprint density at radius 1 is 1.03 bits per heavy atom. The number of Topliss-reactive ketones (excluding diaryl/α,β-unsaturated/α-hetero) is 1. The summed E-state index contributed by atoms with van der Waals surface area (Å²) >= 11 is 0. The molecule has 0 spiro atoms. The van der Waals surface area contributed by atoms with Gasteiger partial charge < -0.3 is 4.90 Å². The predicted molar refractivity (Wildman–Crippen MR) is 138 cm³/mol. The van der Waals surface area contributed by atoms with Gasteiger partial charge in [0.1, 0.15) is 14.1 Å². The lowest BCUT2D eigenvalue weighted by atomic mass is 9.76. The molecule has 0 aliphatic heterocycles. The van der Waals surface area contributed by atoms with Crippen LogP contribution in [0.3, 0.4) is 0 Å². The lowest BCUT2D eigenvalue weighted by molar-refractivity contribution is -0.462. The number of anilines is 1. The van der Waals surface area contributed by atoms with Gasteiger partial charge in [-0.3, -0.25) is 9.68 Å². The molecule has 0 atom stereocenters. The van der Waals surface area contributed by atoms with Gasteiger partial charge in [0.05, 0.1) is 12.7 Å². The van der Waals surface area contributed by atoms with Gasteiger partial charge in [-0.05, 0) is 70.2 Å². The SMILES string of the molecule is CCC(=O)c1ccc(C(=O)OOC)c(C2=C3C=CC(=[N+](C)C)C=C3Cc3cc(N(C)C)ccc32)c1. The number of allylic oxidation sites excluding steroid dienone is 5. The van der Waals surface area contributed by atoms with Gasteiger partial charge in [0, 0.05) is 43.9 Å². The molecule has 2 aliphatic rings. The largest absolute Gasteiger partial charge is 0.378 e. The highest BCUT2D eigenvalue weighted by molar-refractivity contribution is 6.08. The van der Waals surface area contributed by atoms with E-state index in [-0.39, 0.29) is 5.78 Å². The smallest absolute Gasteiger partial charge is 0.373 e. The highest BCUT2D eigenvalue weighted by Crippen LogP contribution is 2.43. The van der Waals surface area contributed by atoms with E-state index in [0.717, 1.165) is 45.7 Å². The molecule has 0 amide bonds. The van der Waals surface area contributed by atoms with Crippen LogP contribution in [0.1, 0.15) is 50.8 Å². The van der Waals surface area contributed by atoms with Crippen molar-refractivity contribution in [2.75, 3.05) is 40.2 Å². The standard InChI is InChI=1S/C29H31N2O4/c1-7-27(32)18-8-11-25(29(33)35-34-6)26(17-18)28-23-12-9-21(30(2)3)15-19(23)14-20-16-22(31(4)5)10-13-24(20)28/h8-13,15-17H,7,14H2,1-6H3/q+1. The minimum Gasteiger partial charge on any atom is -0.378 e. The van der Waals surface area contributed by atoms with Crippen LogP contribution >= 0.6 is 0 Å². The maximum Gasteiger partial charge on any atom is 0.373 e. The number of carbonyl (C=O) groups excluding carboxylic acids is 2. The molecule has 180 valence electrons. The van der Waals surface area contributed by atoms with E-state index < -0.39 is 5.97 Å². The molecule has 0 saturated carbocycles. The Morgan fingerprint density at radius 3 is 2.46 bits per heavy atom. The second-order valence-corrected chi connectivity index (χ2v) is 9.10. The number of hydrogen-bond donors (Lipinski definition) is 0. The third-order valence-electron chi connectivity index (χ3n) is 6.44. The first kappa shape index (κ1) is 24.4. The minimum atomic E-state index is -0.603. The first-order valence-electron chi connectivity index (χ1n) is 11.7. The van der Waals surface area contributed by atoms with Crippen molar-refractivity contribution in [1.82, 2.24) is 0 Å². The molecule has 0 unspecified atom stereocenters. The maximum absolute atomic E-state index is 12.9. The van der Waals surface area contributed by atoms with E-state index in [9.17, 15) is 9.59 Å². The van der Waals surface area contributed by atoms with E-state index in [1.165, 1.54) is 7.11 Å². The van der Waals surface area contributed by atoms with E-state index in [1.54, 1.807) is 12.1 Å². The van der Waals surface area contributed by atoms with Crippen molar-refractivity contribution in [2.24, 2.45) is 0 Å². The van der Waals surface area contributed by atoms with Crippen molar-refractivity contribution in [3.8, 4) is 0 Å². The minimum absolute atomic E-state index is 0.0145. The van der Waals surface area contributed by atoms with Crippen molar-refractivity contribution in [3.05, 3.63) is 93.6 Å². The van der Waals surface area contributed by atoms with Gasteiger partial charge >= 0.3 is 5.97 Å². The van der Waals surface area contributed by atoms with Crippen molar-refractivity contribution >= 4 is 28.7 Å². The molecular formula is C29H31N2O4+. The number of nitrogens with zero attached hydrogens (tertiary/aromatic N) is 2. The van der Waals surface area contributed by atoms with Gasteiger partial charge in [-0.1, -0.05) is 19.1 Å². The van der Waals surface area contributed by atoms with Gasteiger partial charge in [0.15, 0.2) is 11.5 Å². The van der Waals surface area contributed by atoms with Crippen LogP contribution in [0.25, 0.3) is 5.57 Å². The van der Waals surface area contributed by atoms with Crippen LogP contribution in [-0.2, 0) is 16.2 Å². The zero-order chi connectivity index (χ0) is 25.3. The summed E-state index contributed by atoms with van der Waals surface area (Å²) in [6.07, 6.45) is 7.51. The molecule has 0 bridgehead atoms. The first-order valence-corrected chi connectivity index (χ1v) is 11.7. The zero-order valence-corrected chi connectivity index (χ0v) is 21.1. The fourth-order valence-electron chi connectivity index (χ4n) is 4.56. The average Bonchev–Trinajstić information content (AvgIpc) is 2.85. The lowest BCUT2D eigenvalue weighted by Crippen LogP contribution is -2.19. The topological polar surface area (TPSA) is 58.9 Å². The highest BCUT2D eigenvalue weighted by atomic mass is 17.2. The maximum atomic E-state index is 12.9. The van der Waals surface area contributed by atoms with Crippen LogP contribution in [0, 0.1) is 0 Å². The van der Waals surface area contributed by atoms with Crippen LogP contribution in [0.2, 0.25) is 0 Å². The Hall–Kier alpha value is -3.77. The number of hydrogen-bond acceptors (Lipinski definition) is 5. The normalized spacial score (nSPS) is 14.2. The van der Waals surface area contributed by atoms with Crippen molar-refractivity contribution in [2.45, 2.75) is 19.8 Å². The summed E-state index contributed by atoms with van der Waals surface area (Å²) in [6.45, 7) is 1.83. The van der Waals surface area contributed by atoms with E-state index in [4.69, 9.17) is 4.89 Å². The summed E-state index contributed by atoms with van der Waals surface area (Å²) in [6, 6.07) is 11.5. The molecule has 2 aliphatic carbocycles. The number of fused-ring (bicyclic) bond motifs is 2. The van der Waals surface area contributed by atoms with Crippen molar-refractivity contribution in [1.29, 1.82) is 0 Å². The zero-order valence-electron chi connectivity index (χ0n) is 21.1. The molecule has 4 rings (SSSR count). The number of ketones is 1. The molecular weight excluding hydrogens is 440 g/mol. The summed E-state index contributed by atoms with van der Waals surface area (Å²) in [4.78, 5) is 37.2. The van der Waals surface area contributed by atoms with Crippen LogP contribution in [0.15, 0.2) is 65.8 Å². The van der Waals surface area contributed by atoms with Gasteiger partial charge in [-0.2, -0.15) is 4.89 Å². The van der Waals surface area contributed by atoms with Gasteiger partial charge in [-0.25, -0.2) is 9.37 Å². The molecule has 0 aromatic heterocycles. The molecule has 35 heavy (non-hydrogen) atoms. The average molecular weight is 472 g/mol. The van der Waals surface area contributed by atoms with Gasteiger partial charge in [0.25, 0.3) is 0 Å². The van der Waals surface area contributed by atoms with Crippen LogP contribution < -0.4 is 4.90 Å². The quantitative estimate of drug-likeness (QED) is 0.266. The van der Waals surface area contributed by atoms with Crippen molar-refractivity contribution < 1.29 is 23.9 Å². The monoisotopic (exact) mass is 471 g/mol. The Labute approximate surface area is 206 Å². The number of carbonyl (C=O) groups is 2. The first-order chi connectivity index (χ1) is 16.7. The second kappa shape index (κ2) is 9.84. The van der Waals surface area contributed by atoms with E-state index in [1.807, 2.05) is 41.2 Å². The number of rotatable bonds is 6. The van der Waals surface area contributed by atoms with Crippen LogP contribution in [0.5, 0.6) is 0 Å². The summed E-state index contributed by atoms with van der Waals surface area (Å²) in [5.74, 6) is -0.588. The second-order valence-electron chi connectivity index (χ2n) is 9.10. The van der Waals surface area contributed by atoms with Gasteiger partial charge in [0.2, 0.25) is 0 Å². The molecule has 0 saturated heterocycles. The third kappa shape index (κ3) is 4.62. The lowest BCUT2D eigenvalue weighted by Gasteiger charge is -2.28. The highest BCUT2D eigenvalue weighted by Gasteiger charge is 2.29.